The number of unbranched alkanes of at least 4 members (excludes halogenated alkanes) is 17. The van der Waals surface area contributed by atoms with Gasteiger partial charge in [0.25, 0.3) is 0 Å². The maximum atomic E-state index is 11.2. The fourth-order valence-electron chi connectivity index (χ4n) is 3.84. The van der Waals surface area contributed by atoms with Crippen LogP contribution in [-0.4, -0.2) is 26.9 Å². The Morgan fingerprint density at radius 3 is 1.21 bits per heavy atom. The molecule has 0 aliphatic rings. The molecule has 0 amide bonds. The monoisotopic (exact) mass is 430 g/mol. The Morgan fingerprint density at radius 2 is 0.931 bits per heavy atom. The van der Waals surface area contributed by atoms with Crippen LogP contribution in [0.1, 0.15) is 135 Å². The van der Waals surface area contributed by atoms with Gasteiger partial charge in [0.1, 0.15) is 4.75 Å². The van der Waals surface area contributed by atoms with Gasteiger partial charge in [-0.3, -0.25) is 9.59 Å². The van der Waals surface area contributed by atoms with E-state index in [1.165, 1.54) is 96.3 Å². The summed E-state index contributed by atoms with van der Waals surface area (Å²) in [5, 5.41) is 18.0. The summed E-state index contributed by atoms with van der Waals surface area (Å²) in [6.07, 6.45) is 23.0. The first-order chi connectivity index (χ1) is 13.9. The Labute approximate surface area is 184 Å². The summed E-state index contributed by atoms with van der Waals surface area (Å²) in [7, 11) is 0. The minimum absolute atomic E-state index is 0.316. The fraction of sp³-hybridized carbons (Fsp3) is 0.917. The van der Waals surface area contributed by atoms with Crippen molar-refractivity contribution >= 4 is 24.6 Å². The highest BCUT2D eigenvalue weighted by Gasteiger charge is 2.36. The molecule has 1 unspecified atom stereocenters. The van der Waals surface area contributed by atoms with Crippen LogP contribution in [0.3, 0.4) is 0 Å². The van der Waals surface area contributed by atoms with Crippen molar-refractivity contribution < 1.29 is 19.8 Å². The first-order valence-electron chi connectivity index (χ1n) is 12.1. The number of hydrogen-bond acceptors (Lipinski definition) is 3. The van der Waals surface area contributed by atoms with Gasteiger partial charge in [-0.25, -0.2) is 0 Å². The van der Waals surface area contributed by atoms with Gasteiger partial charge >= 0.3 is 11.9 Å². The average molecular weight is 431 g/mol. The lowest BCUT2D eigenvalue weighted by Crippen LogP contribution is -2.35. The number of carboxylic acids is 2. The standard InChI is InChI=1S/C24H46O4S/c1-2-3-4-5-6-7-8-9-10-11-12-13-14-15-16-17-18-19-20-24(29,23(27)28)21-22(25)26/h29H,2-21H2,1H3,(H,25,26)(H,27,28). The Hall–Kier alpha value is -0.710. The molecule has 0 bridgehead atoms. The molecule has 0 aliphatic heterocycles. The summed E-state index contributed by atoms with van der Waals surface area (Å²) < 4.78 is -1.43. The molecule has 0 aromatic rings. The van der Waals surface area contributed by atoms with E-state index >= 15 is 0 Å². The molecular weight excluding hydrogens is 384 g/mol. The fourth-order valence-corrected chi connectivity index (χ4v) is 4.13. The van der Waals surface area contributed by atoms with Crippen LogP contribution >= 0.6 is 12.6 Å². The van der Waals surface area contributed by atoms with Crippen LogP contribution in [0.25, 0.3) is 0 Å². The SMILES string of the molecule is CCCCCCCCCCCCCCCCCCCCC(S)(CC(=O)O)C(=O)O. The average Bonchev–Trinajstić information content (AvgIpc) is 2.66. The van der Waals surface area contributed by atoms with Gasteiger partial charge < -0.3 is 10.2 Å². The van der Waals surface area contributed by atoms with Crippen LogP contribution in [0, 0.1) is 0 Å². The lowest BCUT2D eigenvalue weighted by Gasteiger charge is -2.21. The second-order valence-electron chi connectivity index (χ2n) is 8.67. The normalized spacial score (nSPS) is 13.3. The van der Waals surface area contributed by atoms with E-state index in [0.29, 0.717) is 6.42 Å². The zero-order chi connectivity index (χ0) is 21.8. The molecule has 0 radical (unpaired) electrons. The van der Waals surface area contributed by atoms with Crippen molar-refractivity contribution in [3.05, 3.63) is 0 Å². The predicted molar refractivity (Wildman–Crippen MR) is 125 cm³/mol. The second-order valence-corrected chi connectivity index (χ2v) is 9.52. The second kappa shape index (κ2) is 19.3. The number of aliphatic carboxylic acids is 2. The number of carboxylic acid groups (broad SMARTS) is 2. The van der Waals surface area contributed by atoms with Crippen LogP contribution < -0.4 is 0 Å². The third-order valence-corrected chi connectivity index (χ3v) is 6.36. The molecule has 1 atom stereocenters. The molecule has 0 saturated carbocycles. The van der Waals surface area contributed by atoms with E-state index in [1.807, 2.05) is 0 Å². The summed E-state index contributed by atoms with van der Waals surface area (Å²) in [4.78, 5) is 22.0. The van der Waals surface area contributed by atoms with Crippen LogP contribution in [0.5, 0.6) is 0 Å². The van der Waals surface area contributed by atoms with Gasteiger partial charge in [-0.05, 0) is 6.42 Å². The highest BCUT2D eigenvalue weighted by atomic mass is 32.1. The highest BCUT2D eigenvalue weighted by Crippen LogP contribution is 2.27. The van der Waals surface area contributed by atoms with Crippen molar-refractivity contribution in [2.24, 2.45) is 0 Å². The van der Waals surface area contributed by atoms with Gasteiger partial charge in [0.05, 0.1) is 6.42 Å². The van der Waals surface area contributed by atoms with E-state index in [9.17, 15) is 14.7 Å². The van der Waals surface area contributed by atoms with E-state index in [2.05, 4.69) is 19.6 Å². The number of thiol groups is 1. The van der Waals surface area contributed by atoms with Gasteiger partial charge in [0.15, 0.2) is 0 Å². The van der Waals surface area contributed by atoms with E-state index in [0.717, 1.165) is 19.3 Å². The minimum atomic E-state index is -1.43. The molecule has 0 heterocycles. The summed E-state index contributed by atoms with van der Waals surface area (Å²) >= 11 is 4.11. The molecule has 0 aromatic carbocycles. The Kier molecular flexibility index (Phi) is 18.8. The van der Waals surface area contributed by atoms with Crippen LogP contribution in [0.15, 0.2) is 0 Å². The quantitative estimate of drug-likeness (QED) is 0.122. The van der Waals surface area contributed by atoms with Gasteiger partial charge in [-0.2, -0.15) is 12.6 Å². The molecule has 0 fully saturated rings. The van der Waals surface area contributed by atoms with Crippen molar-refractivity contribution in [1.29, 1.82) is 0 Å². The smallest absolute Gasteiger partial charge is 0.320 e. The molecule has 0 rings (SSSR count). The minimum Gasteiger partial charge on any atom is -0.481 e. The van der Waals surface area contributed by atoms with Crippen molar-refractivity contribution in [1.82, 2.24) is 0 Å². The van der Waals surface area contributed by atoms with Crippen LogP contribution in [0.2, 0.25) is 0 Å². The maximum Gasteiger partial charge on any atom is 0.320 e. The van der Waals surface area contributed by atoms with E-state index in [1.54, 1.807) is 0 Å². The third-order valence-electron chi connectivity index (χ3n) is 5.79. The Balaban J connectivity index is 3.35. The number of carbonyl (C=O) groups is 2. The lowest BCUT2D eigenvalue weighted by molar-refractivity contribution is -0.146. The van der Waals surface area contributed by atoms with Crippen molar-refractivity contribution in [2.75, 3.05) is 0 Å². The summed E-state index contributed by atoms with van der Waals surface area (Å²) in [5.41, 5.74) is 0. The molecule has 2 N–H and O–H groups in total. The van der Waals surface area contributed by atoms with Gasteiger partial charge in [0, 0.05) is 0 Å². The topological polar surface area (TPSA) is 74.6 Å². The largest absolute Gasteiger partial charge is 0.481 e. The van der Waals surface area contributed by atoms with E-state index in [4.69, 9.17) is 5.11 Å². The zero-order valence-electron chi connectivity index (χ0n) is 18.8. The van der Waals surface area contributed by atoms with Crippen LogP contribution in [0.4, 0.5) is 0 Å². The van der Waals surface area contributed by atoms with Crippen LogP contribution in [-0.2, 0) is 9.59 Å². The third kappa shape index (κ3) is 17.8. The Morgan fingerprint density at radius 1 is 0.621 bits per heavy atom. The maximum absolute atomic E-state index is 11.2. The number of hydrogen-bond donors (Lipinski definition) is 3. The first kappa shape index (κ1) is 28.3. The summed E-state index contributed by atoms with van der Waals surface area (Å²) in [6.45, 7) is 2.27. The van der Waals surface area contributed by atoms with Gasteiger partial charge in [0.2, 0.25) is 0 Å². The molecule has 29 heavy (non-hydrogen) atoms. The molecule has 0 aliphatic carbocycles. The molecule has 172 valence electrons. The number of rotatable bonds is 22. The molecule has 0 aromatic heterocycles. The molecular formula is C24H46O4S. The first-order valence-corrected chi connectivity index (χ1v) is 12.5. The highest BCUT2D eigenvalue weighted by molar-refractivity contribution is 7.82. The zero-order valence-corrected chi connectivity index (χ0v) is 19.7. The summed E-state index contributed by atoms with van der Waals surface area (Å²) in [6, 6.07) is 0. The van der Waals surface area contributed by atoms with Crippen molar-refractivity contribution in [3.63, 3.8) is 0 Å². The van der Waals surface area contributed by atoms with E-state index < -0.39 is 23.1 Å². The van der Waals surface area contributed by atoms with E-state index in [-0.39, 0.29) is 0 Å². The molecule has 0 saturated heterocycles. The molecule has 5 heteroatoms. The van der Waals surface area contributed by atoms with Gasteiger partial charge in [-0.15, -0.1) is 0 Å². The van der Waals surface area contributed by atoms with Gasteiger partial charge in [-0.1, -0.05) is 122 Å². The Bertz CT molecular complexity index is 414. The van der Waals surface area contributed by atoms with Crippen molar-refractivity contribution in [2.45, 2.75) is 140 Å². The lowest BCUT2D eigenvalue weighted by atomic mass is 9.96. The molecule has 0 spiro atoms. The van der Waals surface area contributed by atoms with Crippen molar-refractivity contribution in [3.8, 4) is 0 Å². The molecule has 4 nitrogen and oxygen atoms in total. The predicted octanol–water partition coefficient (Wildman–Crippen LogP) is 7.65. The summed E-state index contributed by atoms with van der Waals surface area (Å²) in [5.74, 6) is -2.24.